The molecule has 1 N–H and O–H groups in total. The van der Waals surface area contributed by atoms with Gasteiger partial charge >= 0.3 is 0 Å². The van der Waals surface area contributed by atoms with Crippen LogP contribution in [0, 0.1) is 0 Å². The molecule has 1 heterocycles. The van der Waals surface area contributed by atoms with E-state index in [4.69, 9.17) is 9.47 Å². The Labute approximate surface area is 143 Å². The number of hydrogen-bond donors (Lipinski definition) is 1. The van der Waals surface area contributed by atoms with Gasteiger partial charge in [-0.05, 0) is 30.4 Å². The summed E-state index contributed by atoms with van der Waals surface area (Å²) in [5.41, 5.74) is 0.477. The van der Waals surface area contributed by atoms with Gasteiger partial charge in [-0.15, -0.1) is 10.2 Å². The number of ether oxygens (including phenoxy) is 2. The summed E-state index contributed by atoms with van der Waals surface area (Å²) in [5, 5.41) is 11.2. The van der Waals surface area contributed by atoms with Crippen LogP contribution in [0.15, 0.2) is 22.5 Å². The first-order valence-corrected chi connectivity index (χ1v) is 9.06. The second-order valence-corrected chi connectivity index (χ2v) is 6.96. The molecule has 0 spiro atoms. The topological polar surface area (TPSA) is 73.3 Å². The van der Waals surface area contributed by atoms with E-state index in [2.05, 4.69) is 15.5 Å². The van der Waals surface area contributed by atoms with Crippen molar-refractivity contribution in [3.05, 3.63) is 23.8 Å². The molecule has 8 heteroatoms. The van der Waals surface area contributed by atoms with E-state index in [0.717, 1.165) is 16.5 Å². The first-order chi connectivity index (χ1) is 11.2. The maximum Gasteiger partial charge on any atom is 0.257 e. The Morgan fingerprint density at radius 1 is 1.30 bits per heavy atom. The van der Waals surface area contributed by atoms with E-state index in [1.807, 2.05) is 13.8 Å². The van der Waals surface area contributed by atoms with Crippen molar-refractivity contribution in [2.45, 2.75) is 24.6 Å². The predicted octanol–water partition coefficient (Wildman–Crippen LogP) is 3.70. The maximum atomic E-state index is 12.3. The predicted molar refractivity (Wildman–Crippen MR) is 93.0 cm³/mol. The molecule has 0 aliphatic rings. The van der Waals surface area contributed by atoms with Crippen molar-refractivity contribution < 1.29 is 14.3 Å². The Kier molecular flexibility index (Phi) is 6.66. The Morgan fingerprint density at radius 2 is 2.13 bits per heavy atom. The zero-order valence-corrected chi connectivity index (χ0v) is 14.9. The highest BCUT2D eigenvalue weighted by atomic mass is 32.2. The molecule has 0 atom stereocenters. The monoisotopic (exact) mass is 353 g/mol. The smallest absolute Gasteiger partial charge is 0.257 e. The van der Waals surface area contributed by atoms with E-state index in [1.165, 1.54) is 11.3 Å². The number of aromatic nitrogens is 2. The molecule has 2 rings (SSSR count). The van der Waals surface area contributed by atoms with Crippen LogP contribution < -0.4 is 14.8 Å². The molecule has 0 saturated carbocycles. The molecule has 2 aromatic rings. The fourth-order valence-corrected chi connectivity index (χ4v) is 3.40. The third-order valence-corrected chi connectivity index (χ3v) is 4.64. The van der Waals surface area contributed by atoms with Crippen LogP contribution in [0.1, 0.15) is 30.6 Å². The van der Waals surface area contributed by atoms with E-state index >= 15 is 0 Å². The van der Waals surface area contributed by atoms with Crippen LogP contribution in [0.2, 0.25) is 0 Å². The van der Waals surface area contributed by atoms with Crippen molar-refractivity contribution in [2.75, 3.05) is 24.8 Å². The zero-order valence-electron chi connectivity index (χ0n) is 13.3. The maximum absolute atomic E-state index is 12.3. The Bertz CT molecular complexity index is 661. The summed E-state index contributed by atoms with van der Waals surface area (Å²) in [6.07, 6.45) is 0.903. The molecule has 1 aromatic heterocycles. The van der Waals surface area contributed by atoms with Crippen molar-refractivity contribution >= 4 is 34.1 Å². The molecule has 0 unspecified atom stereocenters. The highest BCUT2D eigenvalue weighted by Crippen LogP contribution is 2.29. The summed E-state index contributed by atoms with van der Waals surface area (Å²) in [6, 6.07) is 5.09. The van der Waals surface area contributed by atoms with Crippen molar-refractivity contribution in [3.8, 4) is 11.5 Å². The number of benzene rings is 1. The number of anilines is 1. The SMILES string of the molecule is CCCOc1ccc(C(=O)Nc2nnc(SCC)s2)cc1OC. The average molecular weight is 353 g/mol. The molecule has 0 radical (unpaired) electrons. The Balaban J connectivity index is 2.08. The normalized spacial score (nSPS) is 10.4. The van der Waals surface area contributed by atoms with Crippen LogP contribution >= 0.6 is 23.1 Å². The van der Waals surface area contributed by atoms with E-state index in [0.29, 0.717) is 28.8 Å². The third kappa shape index (κ3) is 4.84. The number of carbonyl (C=O) groups excluding carboxylic acids is 1. The van der Waals surface area contributed by atoms with Crippen molar-refractivity contribution in [1.29, 1.82) is 0 Å². The minimum absolute atomic E-state index is 0.255. The van der Waals surface area contributed by atoms with Gasteiger partial charge in [0.05, 0.1) is 13.7 Å². The Morgan fingerprint density at radius 3 is 2.83 bits per heavy atom. The van der Waals surface area contributed by atoms with Gasteiger partial charge in [0.1, 0.15) is 0 Å². The van der Waals surface area contributed by atoms with E-state index in [9.17, 15) is 4.79 Å². The van der Waals surface area contributed by atoms with Crippen LogP contribution in [-0.4, -0.2) is 35.6 Å². The summed E-state index contributed by atoms with van der Waals surface area (Å²) >= 11 is 2.95. The highest BCUT2D eigenvalue weighted by molar-refractivity contribution is 8.01. The molecular weight excluding hydrogens is 334 g/mol. The fraction of sp³-hybridized carbons (Fsp3) is 0.400. The minimum Gasteiger partial charge on any atom is -0.493 e. The van der Waals surface area contributed by atoms with Crippen molar-refractivity contribution in [3.63, 3.8) is 0 Å². The molecule has 0 fully saturated rings. The molecule has 0 aliphatic carbocycles. The van der Waals surface area contributed by atoms with Crippen LogP contribution in [0.25, 0.3) is 0 Å². The van der Waals surface area contributed by atoms with Gasteiger partial charge in [-0.25, -0.2) is 0 Å². The minimum atomic E-state index is -0.255. The number of rotatable bonds is 8. The lowest BCUT2D eigenvalue weighted by Crippen LogP contribution is -2.12. The second kappa shape index (κ2) is 8.73. The standard InChI is InChI=1S/C15H19N3O3S2/c1-4-8-21-11-7-6-10(9-12(11)20-3)13(19)16-14-17-18-15(23-14)22-5-2/h6-7,9H,4-5,8H2,1-3H3,(H,16,17,19). The lowest BCUT2D eigenvalue weighted by molar-refractivity contribution is 0.102. The summed E-state index contributed by atoms with van der Waals surface area (Å²) in [7, 11) is 1.55. The van der Waals surface area contributed by atoms with Gasteiger partial charge in [0, 0.05) is 5.56 Å². The Hall–Kier alpha value is -1.80. The number of nitrogens with one attached hydrogen (secondary N) is 1. The lowest BCUT2D eigenvalue weighted by Gasteiger charge is -2.11. The zero-order chi connectivity index (χ0) is 16.7. The largest absolute Gasteiger partial charge is 0.493 e. The summed E-state index contributed by atoms with van der Waals surface area (Å²) in [4.78, 5) is 12.3. The molecule has 6 nitrogen and oxygen atoms in total. The van der Waals surface area contributed by atoms with Gasteiger partial charge in [0.15, 0.2) is 15.8 Å². The second-order valence-electron chi connectivity index (χ2n) is 4.47. The van der Waals surface area contributed by atoms with Gasteiger partial charge in [-0.1, -0.05) is 36.9 Å². The number of nitrogens with zero attached hydrogens (tertiary/aromatic N) is 2. The van der Waals surface area contributed by atoms with Crippen LogP contribution in [0.3, 0.4) is 0 Å². The number of thioether (sulfide) groups is 1. The summed E-state index contributed by atoms with van der Waals surface area (Å²) in [5.74, 6) is 1.82. The first-order valence-electron chi connectivity index (χ1n) is 7.26. The summed E-state index contributed by atoms with van der Waals surface area (Å²) in [6.45, 7) is 4.67. The van der Waals surface area contributed by atoms with Gasteiger partial charge in [-0.3, -0.25) is 10.1 Å². The molecule has 124 valence electrons. The average Bonchev–Trinajstić information content (AvgIpc) is 3.00. The van der Waals surface area contributed by atoms with E-state index in [1.54, 1.807) is 37.1 Å². The lowest BCUT2D eigenvalue weighted by atomic mass is 10.2. The van der Waals surface area contributed by atoms with Crippen LogP contribution in [-0.2, 0) is 0 Å². The molecule has 1 aromatic carbocycles. The quantitative estimate of drug-likeness (QED) is 0.576. The fourth-order valence-electron chi connectivity index (χ4n) is 1.75. The van der Waals surface area contributed by atoms with Gasteiger partial charge in [0.25, 0.3) is 5.91 Å². The highest BCUT2D eigenvalue weighted by Gasteiger charge is 2.13. The van der Waals surface area contributed by atoms with Gasteiger partial charge < -0.3 is 9.47 Å². The molecule has 23 heavy (non-hydrogen) atoms. The van der Waals surface area contributed by atoms with Gasteiger partial charge in [-0.2, -0.15) is 0 Å². The summed E-state index contributed by atoms with van der Waals surface area (Å²) < 4.78 is 11.7. The number of amides is 1. The van der Waals surface area contributed by atoms with Crippen LogP contribution in [0.4, 0.5) is 5.13 Å². The molecule has 1 amide bonds. The molecule has 0 bridgehead atoms. The van der Waals surface area contributed by atoms with Crippen molar-refractivity contribution in [2.24, 2.45) is 0 Å². The molecular formula is C15H19N3O3S2. The van der Waals surface area contributed by atoms with Crippen LogP contribution in [0.5, 0.6) is 11.5 Å². The van der Waals surface area contributed by atoms with Crippen molar-refractivity contribution in [1.82, 2.24) is 10.2 Å². The molecule has 0 saturated heterocycles. The molecule has 0 aliphatic heterocycles. The first kappa shape index (κ1) is 17.6. The van der Waals surface area contributed by atoms with E-state index < -0.39 is 0 Å². The number of hydrogen-bond acceptors (Lipinski definition) is 7. The third-order valence-electron chi connectivity index (χ3n) is 2.78. The van der Waals surface area contributed by atoms with E-state index in [-0.39, 0.29) is 5.91 Å². The van der Waals surface area contributed by atoms with Gasteiger partial charge in [0.2, 0.25) is 5.13 Å². The number of carbonyl (C=O) groups is 1. The number of methoxy groups -OCH3 is 1.